The molecule has 0 aliphatic rings. The molecule has 0 aliphatic heterocycles. The van der Waals surface area contributed by atoms with Gasteiger partial charge in [0.25, 0.3) is 0 Å². The molecule has 0 aliphatic carbocycles. The van der Waals surface area contributed by atoms with Crippen molar-refractivity contribution >= 4 is 5.97 Å². The van der Waals surface area contributed by atoms with E-state index >= 15 is 0 Å². The summed E-state index contributed by atoms with van der Waals surface area (Å²) in [5.74, 6) is -0.334. The number of rotatable bonds is 9. The number of carbonyl (C=O) groups excluding carboxylic acids is 1. The van der Waals surface area contributed by atoms with E-state index in [0.29, 0.717) is 13.0 Å². The minimum absolute atomic E-state index is 0.0875. The van der Waals surface area contributed by atoms with E-state index in [1.165, 1.54) is 0 Å². The predicted molar refractivity (Wildman–Crippen MR) is 62.0 cm³/mol. The topological polar surface area (TPSA) is 66.8 Å². The van der Waals surface area contributed by atoms with Gasteiger partial charge in [-0.25, -0.2) is 0 Å². The van der Waals surface area contributed by atoms with Gasteiger partial charge in [0.05, 0.1) is 25.2 Å². The van der Waals surface area contributed by atoms with Crippen LogP contribution in [0.25, 0.3) is 0 Å². The van der Waals surface area contributed by atoms with Crippen molar-refractivity contribution in [2.45, 2.75) is 64.6 Å². The van der Waals surface area contributed by atoms with Crippen LogP contribution in [0.1, 0.15) is 52.4 Å². The van der Waals surface area contributed by atoms with E-state index in [-0.39, 0.29) is 18.5 Å². The second-order valence-electron chi connectivity index (χ2n) is 4.15. The van der Waals surface area contributed by atoms with Gasteiger partial charge in [-0.2, -0.15) is 0 Å². The Hall–Kier alpha value is -0.610. The molecule has 0 fully saturated rings. The Morgan fingerprint density at radius 2 is 1.81 bits per heavy atom. The maximum absolute atomic E-state index is 11.0. The first-order chi connectivity index (χ1) is 7.56. The molecule has 0 heterocycles. The van der Waals surface area contributed by atoms with Crippen molar-refractivity contribution in [2.75, 3.05) is 6.61 Å². The summed E-state index contributed by atoms with van der Waals surface area (Å²) in [5, 5.41) is 18.5. The number of aliphatic hydroxyl groups is 2. The van der Waals surface area contributed by atoms with E-state index in [1.807, 2.05) is 0 Å². The minimum Gasteiger partial charge on any atom is -0.466 e. The third kappa shape index (κ3) is 9.93. The molecule has 0 bridgehead atoms. The monoisotopic (exact) mass is 232 g/mol. The molecule has 2 atom stereocenters. The van der Waals surface area contributed by atoms with Crippen molar-refractivity contribution in [1.82, 2.24) is 0 Å². The Bertz CT molecular complexity index is 180. The van der Waals surface area contributed by atoms with Crippen LogP contribution in [-0.4, -0.2) is 35.0 Å². The van der Waals surface area contributed by atoms with Gasteiger partial charge >= 0.3 is 5.97 Å². The van der Waals surface area contributed by atoms with Gasteiger partial charge in [-0.3, -0.25) is 4.79 Å². The average molecular weight is 232 g/mol. The number of unbranched alkanes of at least 4 members (excludes halogenated alkanes) is 2. The van der Waals surface area contributed by atoms with Crippen LogP contribution in [0.2, 0.25) is 0 Å². The lowest BCUT2D eigenvalue weighted by atomic mass is 10.1. The maximum Gasteiger partial charge on any atom is 0.308 e. The smallest absolute Gasteiger partial charge is 0.308 e. The molecular formula is C12H24O4. The average Bonchev–Trinajstić information content (AvgIpc) is 2.16. The summed E-state index contributed by atoms with van der Waals surface area (Å²) in [6.07, 6.45) is 3.49. The van der Waals surface area contributed by atoms with E-state index < -0.39 is 6.10 Å². The fourth-order valence-corrected chi connectivity index (χ4v) is 1.51. The number of hydrogen-bond acceptors (Lipinski definition) is 4. The summed E-state index contributed by atoms with van der Waals surface area (Å²) in [4.78, 5) is 11.0. The van der Waals surface area contributed by atoms with Crippen LogP contribution in [0.3, 0.4) is 0 Å². The molecule has 2 N–H and O–H groups in total. The van der Waals surface area contributed by atoms with Crippen molar-refractivity contribution in [2.24, 2.45) is 0 Å². The highest BCUT2D eigenvalue weighted by Gasteiger charge is 2.10. The van der Waals surface area contributed by atoms with Gasteiger partial charge in [-0.1, -0.05) is 19.3 Å². The molecular weight excluding hydrogens is 208 g/mol. The maximum atomic E-state index is 11.0. The number of hydrogen-bond donors (Lipinski definition) is 2. The molecule has 0 aromatic rings. The summed E-state index contributed by atoms with van der Waals surface area (Å²) in [6.45, 7) is 3.88. The molecule has 0 rings (SSSR count). The van der Waals surface area contributed by atoms with E-state index in [0.717, 1.165) is 25.7 Å². The van der Waals surface area contributed by atoms with E-state index in [4.69, 9.17) is 9.84 Å². The molecule has 0 spiro atoms. The lowest BCUT2D eigenvalue weighted by Gasteiger charge is -2.09. The fraction of sp³-hybridized carbons (Fsp3) is 0.917. The van der Waals surface area contributed by atoms with Crippen LogP contribution in [0, 0.1) is 0 Å². The zero-order valence-corrected chi connectivity index (χ0v) is 10.3. The Morgan fingerprint density at radius 1 is 1.19 bits per heavy atom. The van der Waals surface area contributed by atoms with Crippen LogP contribution in [0.5, 0.6) is 0 Å². The molecule has 0 radical (unpaired) electrons. The second kappa shape index (κ2) is 9.60. The van der Waals surface area contributed by atoms with Crippen molar-refractivity contribution < 1.29 is 19.7 Å². The van der Waals surface area contributed by atoms with Gasteiger partial charge in [-0.15, -0.1) is 0 Å². The Balaban J connectivity index is 3.36. The summed E-state index contributed by atoms with van der Waals surface area (Å²) < 4.78 is 4.74. The molecule has 16 heavy (non-hydrogen) atoms. The molecule has 2 unspecified atom stereocenters. The molecule has 0 amide bonds. The normalized spacial score (nSPS) is 14.5. The summed E-state index contributed by atoms with van der Waals surface area (Å²) in [7, 11) is 0. The molecule has 4 heteroatoms. The van der Waals surface area contributed by atoms with Gasteiger partial charge in [0.2, 0.25) is 0 Å². The van der Waals surface area contributed by atoms with E-state index in [1.54, 1.807) is 13.8 Å². The van der Waals surface area contributed by atoms with Crippen molar-refractivity contribution in [3.63, 3.8) is 0 Å². The van der Waals surface area contributed by atoms with Crippen molar-refractivity contribution in [1.29, 1.82) is 0 Å². The first-order valence-corrected chi connectivity index (χ1v) is 6.08. The number of ether oxygens (including phenoxy) is 1. The predicted octanol–water partition coefficient (Wildman–Crippen LogP) is 1.63. The first kappa shape index (κ1) is 15.4. The zero-order valence-electron chi connectivity index (χ0n) is 10.3. The van der Waals surface area contributed by atoms with E-state index in [2.05, 4.69) is 0 Å². The lowest BCUT2D eigenvalue weighted by molar-refractivity contribution is -0.145. The Kier molecular flexibility index (Phi) is 9.24. The molecule has 0 aromatic carbocycles. The van der Waals surface area contributed by atoms with Crippen molar-refractivity contribution in [3.05, 3.63) is 0 Å². The second-order valence-corrected chi connectivity index (χ2v) is 4.15. The van der Waals surface area contributed by atoms with Gasteiger partial charge < -0.3 is 14.9 Å². The molecule has 4 nitrogen and oxygen atoms in total. The number of carbonyl (C=O) groups is 1. The van der Waals surface area contributed by atoms with Gasteiger partial charge in [0.1, 0.15) is 0 Å². The highest BCUT2D eigenvalue weighted by atomic mass is 16.5. The standard InChI is InChI=1S/C12H24O4/c1-3-16-12(15)9-11(14)8-6-4-5-7-10(2)13/h10-11,13-14H,3-9H2,1-2H3. The summed E-state index contributed by atoms with van der Waals surface area (Å²) in [5.41, 5.74) is 0. The van der Waals surface area contributed by atoms with Crippen LogP contribution >= 0.6 is 0 Å². The molecule has 96 valence electrons. The summed E-state index contributed by atoms with van der Waals surface area (Å²) in [6, 6.07) is 0. The first-order valence-electron chi connectivity index (χ1n) is 6.08. The quantitative estimate of drug-likeness (QED) is 0.468. The van der Waals surface area contributed by atoms with Crippen LogP contribution in [0.15, 0.2) is 0 Å². The van der Waals surface area contributed by atoms with Crippen LogP contribution in [0.4, 0.5) is 0 Å². The highest BCUT2D eigenvalue weighted by Crippen LogP contribution is 2.09. The Morgan fingerprint density at radius 3 is 2.38 bits per heavy atom. The third-order valence-electron chi connectivity index (χ3n) is 2.37. The number of esters is 1. The van der Waals surface area contributed by atoms with Crippen LogP contribution < -0.4 is 0 Å². The Labute approximate surface area is 97.6 Å². The third-order valence-corrected chi connectivity index (χ3v) is 2.37. The van der Waals surface area contributed by atoms with Gasteiger partial charge in [0, 0.05) is 0 Å². The van der Waals surface area contributed by atoms with Gasteiger partial charge in [-0.05, 0) is 26.7 Å². The SMILES string of the molecule is CCOC(=O)CC(O)CCCCCC(C)O. The largest absolute Gasteiger partial charge is 0.466 e. The zero-order chi connectivity index (χ0) is 12.4. The fourth-order valence-electron chi connectivity index (χ4n) is 1.51. The highest BCUT2D eigenvalue weighted by molar-refractivity contribution is 5.69. The minimum atomic E-state index is -0.592. The number of aliphatic hydroxyl groups excluding tert-OH is 2. The summed E-state index contributed by atoms with van der Waals surface area (Å²) >= 11 is 0. The molecule has 0 saturated carbocycles. The molecule has 0 saturated heterocycles. The molecule has 0 aromatic heterocycles. The lowest BCUT2D eigenvalue weighted by Crippen LogP contribution is -2.15. The van der Waals surface area contributed by atoms with Crippen molar-refractivity contribution in [3.8, 4) is 0 Å². The van der Waals surface area contributed by atoms with Crippen LogP contribution in [-0.2, 0) is 9.53 Å². The van der Waals surface area contributed by atoms with E-state index in [9.17, 15) is 9.90 Å². The van der Waals surface area contributed by atoms with Gasteiger partial charge in [0.15, 0.2) is 0 Å².